The number of thioether (sulfide) groups is 1. The van der Waals surface area contributed by atoms with Crippen molar-refractivity contribution < 1.29 is 9.90 Å². The van der Waals surface area contributed by atoms with Gasteiger partial charge < -0.3 is 5.11 Å². The summed E-state index contributed by atoms with van der Waals surface area (Å²) in [7, 11) is 0. The van der Waals surface area contributed by atoms with Gasteiger partial charge in [-0.15, -0.1) is 11.8 Å². The van der Waals surface area contributed by atoms with E-state index >= 15 is 0 Å². The van der Waals surface area contributed by atoms with Crippen molar-refractivity contribution in [2.45, 2.75) is 6.42 Å². The molecule has 50 valence electrons. The van der Waals surface area contributed by atoms with Crippen LogP contribution in [0.3, 0.4) is 0 Å². The average Bonchev–Trinajstić information content (AvgIpc) is 2.15. The smallest absolute Gasteiger partial charge is 0.309 e. The van der Waals surface area contributed by atoms with Crippen molar-refractivity contribution in [2.75, 3.05) is 12.3 Å². The fraction of sp³-hybridized carbons (Fsp3) is 0.600. The van der Waals surface area contributed by atoms with Crippen molar-refractivity contribution in [3.05, 3.63) is 0 Å². The van der Waals surface area contributed by atoms with E-state index in [1.54, 1.807) is 0 Å². The summed E-state index contributed by atoms with van der Waals surface area (Å²) in [5, 5.41) is 9.05. The molecule has 9 heavy (non-hydrogen) atoms. The van der Waals surface area contributed by atoms with Crippen LogP contribution in [0.4, 0.5) is 0 Å². The lowest BCUT2D eigenvalue weighted by Gasteiger charge is -1.89. The Hall–Kier alpha value is -0.510. The van der Waals surface area contributed by atoms with Crippen LogP contribution in [0.2, 0.25) is 0 Å². The highest BCUT2D eigenvalue weighted by molar-refractivity contribution is 8.14. The van der Waals surface area contributed by atoms with Gasteiger partial charge in [0.05, 0.1) is 11.5 Å². The molecule has 0 aromatic heterocycles. The van der Waals surface area contributed by atoms with Crippen LogP contribution in [0.25, 0.3) is 0 Å². The number of carboxylic acid groups (broad SMARTS) is 1. The fourth-order valence-corrected chi connectivity index (χ4v) is 1.44. The van der Waals surface area contributed by atoms with Crippen LogP contribution >= 0.6 is 11.8 Å². The van der Waals surface area contributed by atoms with Gasteiger partial charge in [0.2, 0.25) is 0 Å². The molecule has 1 heterocycles. The normalized spacial score (nSPS) is 17.6. The summed E-state index contributed by atoms with van der Waals surface area (Å²) in [6.07, 6.45) is 0.102. The lowest BCUT2D eigenvalue weighted by Crippen LogP contribution is -2.00. The van der Waals surface area contributed by atoms with Crippen molar-refractivity contribution >= 4 is 22.8 Å². The molecule has 0 atom stereocenters. The molecule has 0 saturated carbocycles. The molecule has 0 radical (unpaired) electrons. The number of aliphatic imine (C=N–C) groups is 1. The predicted octanol–water partition coefficient (Wildman–Crippen LogP) is 0.606. The van der Waals surface area contributed by atoms with Crippen molar-refractivity contribution in [2.24, 2.45) is 4.99 Å². The number of nitrogens with zero attached hydrogens (tertiary/aromatic N) is 1. The molecule has 0 aliphatic carbocycles. The topological polar surface area (TPSA) is 49.7 Å². The van der Waals surface area contributed by atoms with E-state index in [1.807, 2.05) is 0 Å². The van der Waals surface area contributed by atoms with Gasteiger partial charge >= 0.3 is 5.97 Å². The Labute approximate surface area is 57.2 Å². The number of carboxylic acids is 1. The minimum absolute atomic E-state index is 0.102. The summed E-state index contributed by atoms with van der Waals surface area (Å²) >= 11 is 1.54. The molecule has 1 N–H and O–H groups in total. The van der Waals surface area contributed by atoms with Gasteiger partial charge in [0.15, 0.2) is 0 Å². The van der Waals surface area contributed by atoms with Gasteiger partial charge in [-0.1, -0.05) is 0 Å². The molecule has 0 saturated heterocycles. The van der Waals surface area contributed by atoms with Gasteiger partial charge in [-0.05, 0) is 0 Å². The summed E-state index contributed by atoms with van der Waals surface area (Å²) in [5.74, 6) is 0.158. The van der Waals surface area contributed by atoms with E-state index in [0.29, 0.717) is 0 Å². The largest absolute Gasteiger partial charge is 0.481 e. The Balaban J connectivity index is 2.35. The number of carbonyl (C=O) groups is 1. The third-order valence-electron chi connectivity index (χ3n) is 0.951. The molecule has 1 aliphatic rings. The number of hydrogen-bond donors (Lipinski definition) is 1. The molecule has 0 unspecified atom stereocenters. The Morgan fingerprint density at radius 3 is 3.11 bits per heavy atom. The molecule has 0 spiro atoms. The number of aliphatic carboxylic acids is 1. The first kappa shape index (κ1) is 6.61. The van der Waals surface area contributed by atoms with Crippen LogP contribution in [0.1, 0.15) is 6.42 Å². The molecular formula is C5H7NO2S. The van der Waals surface area contributed by atoms with Crippen LogP contribution in [-0.2, 0) is 4.79 Å². The van der Waals surface area contributed by atoms with E-state index in [0.717, 1.165) is 17.3 Å². The molecule has 0 amide bonds. The maximum Gasteiger partial charge on any atom is 0.309 e. The molecule has 0 aromatic rings. The quantitative estimate of drug-likeness (QED) is 0.619. The van der Waals surface area contributed by atoms with Gasteiger partial charge in [0.1, 0.15) is 0 Å². The van der Waals surface area contributed by atoms with Crippen molar-refractivity contribution in [3.63, 3.8) is 0 Å². The molecule has 0 aromatic carbocycles. The summed E-state index contributed by atoms with van der Waals surface area (Å²) in [5.41, 5.74) is 0. The summed E-state index contributed by atoms with van der Waals surface area (Å²) in [6.45, 7) is 0.785. The number of hydrogen-bond acceptors (Lipinski definition) is 3. The van der Waals surface area contributed by atoms with Crippen LogP contribution in [0, 0.1) is 0 Å². The Morgan fingerprint density at radius 1 is 1.89 bits per heavy atom. The summed E-state index contributed by atoms with van der Waals surface area (Å²) < 4.78 is 0. The molecule has 1 rings (SSSR count). The lowest BCUT2D eigenvalue weighted by molar-refractivity contribution is -0.135. The standard InChI is InChI=1S/C5H7NO2S/c7-5(8)3-4-6-1-2-9-4/h1-3H2,(H,7,8). The monoisotopic (exact) mass is 145 g/mol. The van der Waals surface area contributed by atoms with Gasteiger partial charge in [0, 0.05) is 12.3 Å². The Bertz CT molecular complexity index is 155. The fourth-order valence-electron chi connectivity index (χ4n) is 0.616. The van der Waals surface area contributed by atoms with Gasteiger partial charge in [-0.25, -0.2) is 0 Å². The van der Waals surface area contributed by atoms with Gasteiger partial charge in [0.25, 0.3) is 0 Å². The predicted molar refractivity (Wildman–Crippen MR) is 37.0 cm³/mol. The maximum atomic E-state index is 10.1. The van der Waals surface area contributed by atoms with E-state index in [2.05, 4.69) is 4.99 Å². The van der Waals surface area contributed by atoms with Gasteiger partial charge in [-0.3, -0.25) is 9.79 Å². The highest BCUT2D eigenvalue weighted by Gasteiger charge is 2.09. The zero-order chi connectivity index (χ0) is 6.69. The molecule has 3 nitrogen and oxygen atoms in total. The minimum atomic E-state index is -0.789. The first-order chi connectivity index (χ1) is 4.29. The molecule has 1 aliphatic heterocycles. The van der Waals surface area contributed by atoms with Crippen molar-refractivity contribution in [3.8, 4) is 0 Å². The van der Waals surface area contributed by atoms with Gasteiger partial charge in [-0.2, -0.15) is 0 Å². The van der Waals surface area contributed by atoms with E-state index < -0.39 is 5.97 Å². The van der Waals surface area contributed by atoms with E-state index in [1.165, 1.54) is 11.8 Å². The van der Waals surface area contributed by atoms with E-state index in [-0.39, 0.29) is 6.42 Å². The van der Waals surface area contributed by atoms with Crippen LogP contribution in [0.5, 0.6) is 0 Å². The van der Waals surface area contributed by atoms with Crippen LogP contribution in [0.15, 0.2) is 4.99 Å². The molecule has 0 fully saturated rings. The van der Waals surface area contributed by atoms with E-state index in [4.69, 9.17) is 5.11 Å². The second-order valence-corrected chi connectivity index (χ2v) is 2.86. The summed E-state index contributed by atoms with van der Waals surface area (Å²) in [4.78, 5) is 14.0. The SMILES string of the molecule is O=C(O)CC1=NCCS1. The maximum absolute atomic E-state index is 10.1. The second-order valence-electron chi connectivity index (χ2n) is 1.69. The minimum Gasteiger partial charge on any atom is -0.481 e. The Morgan fingerprint density at radius 2 is 2.67 bits per heavy atom. The highest BCUT2D eigenvalue weighted by atomic mass is 32.2. The first-order valence-electron chi connectivity index (χ1n) is 2.67. The van der Waals surface area contributed by atoms with Crippen LogP contribution < -0.4 is 0 Å². The Kier molecular flexibility index (Phi) is 2.10. The third-order valence-corrected chi connectivity index (χ3v) is 1.94. The lowest BCUT2D eigenvalue weighted by atomic mass is 10.5. The zero-order valence-electron chi connectivity index (χ0n) is 4.83. The first-order valence-corrected chi connectivity index (χ1v) is 3.65. The molecular weight excluding hydrogens is 138 g/mol. The summed E-state index contributed by atoms with van der Waals surface area (Å²) in [6, 6.07) is 0. The third kappa shape index (κ3) is 2.05. The molecule has 0 bridgehead atoms. The van der Waals surface area contributed by atoms with Crippen molar-refractivity contribution in [1.29, 1.82) is 0 Å². The zero-order valence-corrected chi connectivity index (χ0v) is 5.65. The second kappa shape index (κ2) is 2.87. The van der Waals surface area contributed by atoms with Crippen LogP contribution in [-0.4, -0.2) is 28.4 Å². The highest BCUT2D eigenvalue weighted by Crippen LogP contribution is 2.13. The van der Waals surface area contributed by atoms with E-state index in [9.17, 15) is 4.79 Å². The number of rotatable bonds is 2. The van der Waals surface area contributed by atoms with Crippen molar-refractivity contribution in [1.82, 2.24) is 0 Å². The average molecular weight is 145 g/mol. The molecule has 4 heteroatoms.